The van der Waals surface area contributed by atoms with Crippen molar-refractivity contribution in [3.8, 4) is 0 Å². The van der Waals surface area contributed by atoms with Crippen LogP contribution in [0.3, 0.4) is 0 Å². The zero-order valence-corrected chi connectivity index (χ0v) is 7.92. The van der Waals surface area contributed by atoms with Gasteiger partial charge in [0.2, 0.25) is 0 Å². The molecule has 15 heavy (non-hydrogen) atoms. The molecule has 1 amide bonds. The first kappa shape index (κ1) is 9.26. The van der Waals surface area contributed by atoms with E-state index in [2.05, 4.69) is 10.5 Å². The summed E-state index contributed by atoms with van der Waals surface area (Å²) in [5.74, 6) is -0.475. The Bertz CT molecular complexity index is 439. The van der Waals surface area contributed by atoms with E-state index in [1.54, 1.807) is 36.7 Å². The monoisotopic (exact) mass is 202 g/mol. The average Bonchev–Trinajstić information content (AvgIpc) is 2.30. The highest BCUT2D eigenvalue weighted by molar-refractivity contribution is 5.98. The predicted molar refractivity (Wildman–Crippen MR) is 58.2 cm³/mol. The summed E-state index contributed by atoms with van der Waals surface area (Å²) in [6.45, 7) is 0. The molecule has 1 aromatic rings. The summed E-state index contributed by atoms with van der Waals surface area (Å²) in [6.07, 6.45) is 5.09. The van der Waals surface area contributed by atoms with Gasteiger partial charge in [0.25, 0.3) is 5.91 Å². The van der Waals surface area contributed by atoms with E-state index in [-0.39, 0.29) is 0 Å². The summed E-state index contributed by atoms with van der Waals surface area (Å²) < 4.78 is 0. The lowest BCUT2D eigenvalue weighted by molar-refractivity contribution is 0.100. The minimum absolute atomic E-state index is 0.428. The van der Waals surface area contributed by atoms with E-state index in [9.17, 15) is 4.79 Å². The Kier molecular flexibility index (Phi) is 2.37. The summed E-state index contributed by atoms with van der Waals surface area (Å²) in [6, 6.07) is 7.00. The highest BCUT2D eigenvalue weighted by Crippen LogP contribution is 2.19. The Labute approximate surface area is 86.8 Å². The second-order valence-electron chi connectivity index (χ2n) is 2.95. The standard InChI is InChI=1S/C10H10N4O/c11-10(15)8-4-1-2-5-9(8)14-12-6-3-7-13-14/h1-7,12H,(H2,11,15). The van der Waals surface area contributed by atoms with Crippen LogP contribution in [0.25, 0.3) is 0 Å². The molecule has 0 aromatic heterocycles. The molecule has 1 heterocycles. The fraction of sp³-hybridized carbons (Fsp3) is 0. The van der Waals surface area contributed by atoms with Crippen LogP contribution in [0.2, 0.25) is 0 Å². The number of rotatable bonds is 2. The van der Waals surface area contributed by atoms with E-state index in [1.165, 1.54) is 5.12 Å². The molecular formula is C10H10N4O. The Morgan fingerprint density at radius 1 is 1.40 bits per heavy atom. The predicted octanol–water partition coefficient (Wildman–Crippen LogP) is 0.610. The maximum atomic E-state index is 11.2. The van der Waals surface area contributed by atoms with Crippen molar-refractivity contribution in [1.29, 1.82) is 0 Å². The van der Waals surface area contributed by atoms with Gasteiger partial charge in [-0.1, -0.05) is 12.1 Å². The topological polar surface area (TPSA) is 70.7 Å². The zero-order chi connectivity index (χ0) is 10.7. The first-order valence-corrected chi connectivity index (χ1v) is 4.43. The molecule has 0 atom stereocenters. The molecule has 1 aromatic carbocycles. The van der Waals surface area contributed by atoms with E-state index in [4.69, 9.17) is 5.73 Å². The Hall–Kier alpha value is -2.30. The SMILES string of the molecule is NC(=O)c1ccccc1N1N=CC=CN1. The fourth-order valence-corrected chi connectivity index (χ4v) is 1.29. The van der Waals surface area contributed by atoms with Gasteiger partial charge in [0, 0.05) is 6.20 Å². The third kappa shape index (κ3) is 1.80. The van der Waals surface area contributed by atoms with Crippen molar-refractivity contribution in [3.63, 3.8) is 0 Å². The summed E-state index contributed by atoms with van der Waals surface area (Å²) in [5.41, 5.74) is 9.19. The Morgan fingerprint density at radius 3 is 2.87 bits per heavy atom. The zero-order valence-electron chi connectivity index (χ0n) is 7.92. The van der Waals surface area contributed by atoms with Gasteiger partial charge in [-0.05, 0) is 18.2 Å². The van der Waals surface area contributed by atoms with Crippen LogP contribution in [0.1, 0.15) is 10.4 Å². The van der Waals surface area contributed by atoms with Gasteiger partial charge in [-0.15, -0.1) is 0 Å². The molecule has 0 fully saturated rings. The maximum absolute atomic E-state index is 11.2. The summed E-state index contributed by atoms with van der Waals surface area (Å²) >= 11 is 0. The van der Waals surface area contributed by atoms with E-state index in [0.29, 0.717) is 11.3 Å². The minimum Gasteiger partial charge on any atom is -0.366 e. The number of allylic oxidation sites excluding steroid dienone is 1. The molecule has 0 saturated carbocycles. The van der Waals surface area contributed by atoms with E-state index >= 15 is 0 Å². The molecule has 0 spiro atoms. The van der Waals surface area contributed by atoms with Crippen molar-refractivity contribution in [2.24, 2.45) is 10.8 Å². The molecule has 1 aliphatic heterocycles. The molecule has 5 heteroatoms. The van der Waals surface area contributed by atoms with Crippen molar-refractivity contribution < 1.29 is 4.79 Å². The van der Waals surface area contributed by atoms with Crippen molar-refractivity contribution in [2.45, 2.75) is 0 Å². The molecule has 2 rings (SSSR count). The van der Waals surface area contributed by atoms with E-state index < -0.39 is 5.91 Å². The molecule has 0 radical (unpaired) electrons. The lowest BCUT2D eigenvalue weighted by atomic mass is 10.1. The number of hydrogen-bond acceptors (Lipinski definition) is 4. The molecule has 0 unspecified atom stereocenters. The molecule has 0 aliphatic carbocycles. The Balaban J connectivity index is 2.39. The summed E-state index contributed by atoms with van der Waals surface area (Å²) in [7, 11) is 0. The number of benzene rings is 1. The number of anilines is 1. The second-order valence-corrected chi connectivity index (χ2v) is 2.95. The van der Waals surface area contributed by atoms with Gasteiger partial charge in [-0.25, -0.2) is 0 Å². The first-order chi connectivity index (χ1) is 7.29. The molecule has 0 bridgehead atoms. The molecule has 76 valence electrons. The number of nitrogens with zero attached hydrogens (tertiary/aromatic N) is 2. The third-order valence-electron chi connectivity index (χ3n) is 1.96. The van der Waals surface area contributed by atoms with Gasteiger partial charge < -0.3 is 5.73 Å². The number of hydrazine groups is 1. The molecule has 1 aliphatic rings. The van der Waals surface area contributed by atoms with Crippen molar-refractivity contribution >= 4 is 17.8 Å². The number of para-hydroxylation sites is 1. The van der Waals surface area contributed by atoms with Gasteiger partial charge in [-0.3, -0.25) is 10.2 Å². The number of hydrazone groups is 1. The van der Waals surface area contributed by atoms with Gasteiger partial charge in [0.15, 0.2) is 0 Å². The molecule has 0 saturated heterocycles. The highest BCUT2D eigenvalue weighted by Gasteiger charge is 2.13. The number of carbonyl (C=O) groups is 1. The average molecular weight is 202 g/mol. The van der Waals surface area contributed by atoms with Gasteiger partial charge in [0.1, 0.15) is 0 Å². The normalized spacial score (nSPS) is 13.7. The fourth-order valence-electron chi connectivity index (χ4n) is 1.29. The minimum atomic E-state index is -0.475. The van der Waals surface area contributed by atoms with E-state index in [1.807, 2.05) is 6.07 Å². The van der Waals surface area contributed by atoms with Crippen molar-refractivity contribution in [2.75, 3.05) is 5.12 Å². The molecule has 3 N–H and O–H groups in total. The number of nitrogens with two attached hydrogens (primary N) is 1. The van der Waals surface area contributed by atoms with Crippen LogP contribution < -0.4 is 16.3 Å². The number of primary amides is 1. The maximum Gasteiger partial charge on any atom is 0.250 e. The number of hydrogen-bond donors (Lipinski definition) is 2. The van der Waals surface area contributed by atoms with Crippen molar-refractivity contribution in [1.82, 2.24) is 5.43 Å². The summed E-state index contributed by atoms with van der Waals surface area (Å²) in [5, 5.41) is 5.53. The number of nitrogens with one attached hydrogen (secondary N) is 1. The van der Waals surface area contributed by atoms with Gasteiger partial charge >= 0.3 is 0 Å². The van der Waals surface area contributed by atoms with E-state index in [0.717, 1.165) is 0 Å². The third-order valence-corrected chi connectivity index (χ3v) is 1.96. The van der Waals surface area contributed by atoms with Crippen LogP contribution in [-0.4, -0.2) is 12.1 Å². The van der Waals surface area contributed by atoms with Crippen molar-refractivity contribution in [3.05, 3.63) is 42.1 Å². The lowest BCUT2D eigenvalue weighted by Gasteiger charge is -2.21. The quantitative estimate of drug-likeness (QED) is 0.738. The van der Waals surface area contributed by atoms with Crippen LogP contribution in [-0.2, 0) is 0 Å². The number of carbonyl (C=O) groups excluding carboxylic acids is 1. The highest BCUT2D eigenvalue weighted by atomic mass is 16.1. The van der Waals surface area contributed by atoms with Crippen LogP contribution in [0.4, 0.5) is 5.69 Å². The van der Waals surface area contributed by atoms with Gasteiger partial charge in [0.05, 0.1) is 17.5 Å². The Morgan fingerprint density at radius 2 is 2.20 bits per heavy atom. The number of amides is 1. The lowest BCUT2D eigenvalue weighted by Crippen LogP contribution is -2.32. The van der Waals surface area contributed by atoms with Crippen LogP contribution in [0, 0.1) is 0 Å². The first-order valence-electron chi connectivity index (χ1n) is 4.43. The molecular weight excluding hydrogens is 192 g/mol. The second kappa shape index (κ2) is 3.83. The smallest absolute Gasteiger partial charge is 0.250 e. The van der Waals surface area contributed by atoms with Crippen LogP contribution in [0.15, 0.2) is 41.6 Å². The summed E-state index contributed by atoms with van der Waals surface area (Å²) in [4.78, 5) is 11.2. The molecule has 5 nitrogen and oxygen atoms in total. The van der Waals surface area contributed by atoms with Crippen LogP contribution in [0.5, 0.6) is 0 Å². The largest absolute Gasteiger partial charge is 0.366 e. The van der Waals surface area contributed by atoms with Gasteiger partial charge in [-0.2, -0.15) is 10.2 Å². The van der Waals surface area contributed by atoms with Crippen LogP contribution >= 0.6 is 0 Å².